The van der Waals surface area contributed by atoms with Crippen LogP contribution in [0.15, 0.2) is 28.7 Å². The fourth-order valence-electron chi connectivity index (χ4n) is 4.54. The first-order chi connectivity index (χ1) is 15.8. The lowest BCUT2D eigenvalue weighted by Gasteiger charge is -2.39. The van der Waals surface area contributed by atoms with E-state index in [2.05, 4.69) is 32.9 Å². The number of thiazole rings is 1. The highest BCUT2D eigenvalue weighted by atomic mass is 79.9. The van der Waals surface area contributed by atoms with Gasteiger partial charge in [0, 0.05) is 62.5 Å². The van der Waals surface area contributed by atoms with E-state index in [1.807, 2.05) is 47.9 Å². The van der Waals surface area contributed by atoms with E-state index in [0.29, 0.717) is 30.8 Å². The number of piperazine rings is 1. The third-order valence-corrected chi connectivity index (χ3v) is 7.98. The number of nitrogens with zero attached hydrogens (tertiary/aromatic N) is 4. The first-order valence-electron chi connectivity index (χ1n) is 11.4. The number of hydrogen-bond donors (Lipinski definition) is 0. The third kappa shape index (κ3) is 5.94. The molecule has 0 saturated carbocycles. The number of likely N-dealkylation sites (tertiary alicyclic amines) is 1. The second kappa shape index (κ2) is 10.5. The molecule has 0 bridgehead atoms. The van der Waals surface area contributed by atoms with Crippen molar-refractivity contribution < 1.29 is 14.3 Å². The zero-order valence-corrected chi connectivity index (χ0v) is 21.8. The number of amides is 2. The Labute approximate surface area is 207 Å². The maximum absolute atomic E-state index is 13.3. The number of hydrogen-bond acceptors (Lipinski definition) is 6. The molecule has 2 aliphatic rings. The molecule has 1 aromatic heterocycles. The molecule has 0 N–H and O–H groups in total. The van der Waals surface area contributed by atoms with E-state index in [0.717, 1.165) is 47.1 Å². The van der Waals surface area contributed by atoms with Crippen molar-refractivity contribution >= 4 is 39.1 Å². The molecule has 4 rings (SSSR count). The molecule has 1 aromatic carbocycles. The highest BCUT2D eigenvalue weighted by molar-refractivity contribution is 9.10. The van der Waals surface area contributed by atoms with Gasteiger partial charge in [-0.15, -0.1) is 11.3 Å². The Hall–Kier alpha value is -1.97. The Morgan fingerprint density at radius 1 is 1.15 bits per heavy atom. The number of aryl methyl sites for hydroxylation is 2. The van der Waals surface area contributed by atoms with Crippen LogP contribution in [0.3, 0.4) is 0 Å². The summed E-state index contributed by atoms with van der Waals surface area (Å²) in [5.41, 5.74) is 0.778. The number of benzene rings is 1. The molecule has 2 saturated heterocycles. The molecule has 178 valence electrons. The zero-order valence-electron chi connectivity index (χ0n) is 19.4. The molecule has 0 spiro atoms. The molecule has 2 aromatic rings. The van der Waals surface area contributed by atoms with Crippen molar-refractivity contribution in [2.45, 2.75) is 32.8 Å². The summed E-state index contributed by atoms with van der Waals surface area (Å²) in [6.07, 6.45) is 0.951. The molecule has 2 fully saturated rings. The van der Waals surface area contributed by atoms with Gasteiger partial charge in [0.2, 0.25) is 5.91 Å². The number of carbonyl (C=O) groups is 2. The summed E-state index contributed by atoms with van der Waals surface area (Å²) >= 11 is 4.94. The van der Waals surface area contributed by atoms with Crippen molar-refractivity contribution in [1.82, 2.24) is 19.7 Å². The van der Waals surface area contributed by atoms with Crippen molar-refractivity contribution in [3.8, 4) is 5.75 Å². The van der Waals surface area contributed by atoms with Crippen LogP contribution in [0.5, 0.6) is 5.75 Å². The molecule has 33 heavy (non-hydrogen) atoms. The molecule has 9 heteroatoms. The maximum atomic E-state index is 13.3. The van der Waals surface area contributed by atoms with Crippen molar-refractivity contribution in [3.63, 3.8) is 0 Å². The molecule has 0 radical (unpaired) electrons. The van der Waals surface area contributed by atoms with Gasteiger partial charge < -0.3 is 19.4 Å². The van der Waals surface area contributed by atoms with Gasteiger partial charge in [-0.1, -0.05) is 22.0 Å². The summed E-state index contributed by atoms with van der Waals surface area (Å²) in [5.74, 6) is 0.870. The second-order valence-electron chi connectivity index (χ2n) is 8.95. The Morgan fingerprint density at radius 2 is 1.91 bits per heavy atom. The van der Waals surface area contributed by atoms with Crippen LogP contribution in [0.25, 0.3) is 0 Å². The van der Waals surface area contributed by atoms with E-state index < -0.39 is 0 Å². The Morgan fingerprint density at radius 3 is 2.58 bits per heavy atom. The number of carbonyl (C=O) groups excluding carboxylic acids is 2. The van der Waals surface area contributed by atoms with Crippen LogP contribution in [0, 0.1) is 19.8 Å². The molecule has 0 unspecified atom stereocenters. The van der Waals surface area contributed by atoms with E-state index in [-0.39, 0.29) is 23.8 Å². The Kier molecular flexibility index (Phi) is 7.71. The summed E-state index contributed by atoms with van der Waals surface area (Å²) in [6, 6.07) is 7.78. The van der Waals surface area contributed by atoms with E-state index in [1.165, 1.54) is 11.3 Å². The van der Waals surface area contributed by atoms with Gasteiger partial charge >= 0.3 is 0 Å². The van der Waals surface area contributed by atoms with Gasteiger partial charge in [0.05, 0.1) is 10.7 Å². The third-order valence-electron chi connectivity index (χ3n) is 6.43. The van der Waals surface area contributed by atoms with Crippen LogP contribution in [0.4, 0.5) is 0 Å². The van der Waals surface area contributed by atoms with Gasteiger partial charge in [-0.2, -0.15) is 0 Å². The predicted octanol–water partition coefficient (Wildman–Crippen LogP) is 3.60. The largest absolute Gasteiger partial charge is 0.490 e. The smallest absolute Gasteiger partial charge is 0.265 e. The molecule has 7 nitrogen and oxygen atoms in total. The lowest BCUT2D eigenvalue weighted by atomic mass is 9.90. The van der Waals surface area contributed by atoms with Crippen LogP contribution >= 0.6 is 27.3 Å². The SMILES string of the molecule is Cc1nc(C)c(C(=O)N2CC[C@H](Oc3cccc(Br)c3)[C@@H](CC(=O)N3CCN(C)CC3)C2)s1. The van der Waals surface area contributed by atoms with Crippen molar-refractivity contribution in [2.75, 3.05) is 46.3 Å². The van der Waals surface area contributed by atoms with E-state index in [1.54, 1.807) is 0 Å². The highest BCUT2D eigenvalue weighted by Crippen LogP contribution is 2.30. The van der Waals surface area contributed by atoms with Crippen LogP contribution in [-0.2, 0) is 4.79 Å². The summed E-state index contributed by atoms with van der Waals surface area (Å²) in [7, 11) is 2.08. The Balaban J connectivity index is 1.49. The van der Waals surface area contributed by atoms with Gasteiger partial charge in [0.1, 0.15) is 16.7 Å². The van der Waals surface area contributed by atoms with E-state index in [4.69, 9.17) is 4.74 Å². The molecule has 2 aliphatic heterocycles. The average molecular weight is 536 g/mol. The topological polar surface area (TPSA) is 66.0 Å². The number of likely N-dealkylation sites (N-methyl/N-ethyl adjacent to an activating group) is 1. The predicted molar refractivity (Wildman–Crippen MR) is 133 cm³/mol. The number of ether oxygens (including phenoxy) is 1. The zero-order chi connectivity index (χ0) is 23.5. The fraction of sp³-hybridized carbons (Fsp3) is 0.542. The summed E-state index contributed by atoms with van der Waals surface area (Å²) in [4.78, 5) is 37.6. The lowest BCUT2D eigenvalue weighted by molar-refractivity contribution is -0.135. The maximum Gasteiger partial charge on any atom is 0.265 e. The van der Waals surface area contributed by atoms with Crippen molar-refractivity contribution in [1.29, 1.82) is 0 Å². The van der Waals surface area contributed by atoms with Gasteiger partial charge in [-0.05, 0) is 39.1 Å². The summed E-state index contributed by atoms with van der Waals surface area (Å²) in [6.45, 7) is 8.20. The normalized spacial score (nSPS) is 21.8. The minimum atomic E-state index is -0.121. The molecular formula is C24H31BrN4O3S. The van der Waals surface area contributed by atoms with E-state index in [9.17, 15) is 9.59 Å². The van der Waals surface area contributed by atoms with Crippen LogP contribution in [0.2, 0.25) is 0 Å². The van der Waals surface area contributed by atoms with Crippen LogP contribution < -0.4 is 4.74 Å². The fourth-order valence-corrected chi connectivity index (χ4v) is 5.81. The molecular weight excluding hydrogens is 504 g/mol. The molecule has 0 aliphatic carbocycles. The van der Waals surface area contributed by atoms with Crippen LogP contribution in [0.1, 0.15) is 33.2 Å². The number of aromatic nitrogens is 1. The molecule has 3 heterocycles. The summed E-state index contributed by atoms with van der Waals surface area (Å²) in [5, 5.41) is 0.894. The standard InChI is InChI=1S/C24H31BrN4O3S/c1-16-23(33-17(2)26-16)24(31)29-8-7-21(32-20-6-4-5-19(25)14-20)18(15-29)13-22(30)28-11-9-27(3)10-12-28/h4-6,14,18,21H,7-13,15H2,1-3H3/t18-,21-/m0/s1. The first-order valence-corrected chi connectivity index (χ1v) is 13.0. The second-order valence-corrected chi connectivity index (χ2v) is 11.1. The quantitative estimate of drug-likeness (QED) is 0.586. The van der Waals surface area contributed by atoms with Gasteiger partial charge in [0.15, 0.2) is 0 Å². The van der Waals surface area contributed by atoms with Gasteiger partial charge in [0.25, 0.3) is 5.91 Å². The number of piperidine rings is 1. The average Bonchev–Trinajstić information content (AvgIpc) is 3.12. The Bertz CT molecular complexity index is 1010. The van der Waals surface area contributed by atoms with Crippen molar-refractivity contribution in [2.24, 2.45) is 5.92 Å². The highest BCUT2D eigenvalue weighted by Gasteiger charge is 2.36. The monoisotopic (exact) mass is 534 g/mol. The number of halogens is 1. The lowest BCUT2D eigenvalue weighted by Crippen LogP contribution is -2.51. The first kappa shape index (κ1) is 24.2. The van der Waals surface area contributed by atoms with Crippen LogP contribution in [-0.4, -0.2) is 83.9 Å². The molecule has 2 amide bonds. The van der Waals surface area contributed by atoms with E-state index >= 15 is 0 Å². The van der Waals surface area contributed by atoms with Crippen molar-refractivity contribution in [3.05, 3.63) is 44.3 Å². The summed E-state index contributed by atoms with van der Waals surface area (Å²) < 4.78 is 7.31. The number of rotatable bonds is 5. The minimum absolute atomic E-state index is 0.0102. The van der Waals surface area contributed by atoms with Gasteiger partial charge in [-0.3, -0.25) is 9.59 Å². The molecule has 2 atom stereocenters. The van der Waals surface area contributed by atoms with Gasteiger partial charge in [-0.25, -0.2) is 4.98 Å². The minimum Gasteiger partial charge on any atom is -0.490 e.